The molecule has 0 fully saturated rings. The number of carbonyl (C=O) groups is 2. The largest absolute Gasteiger partial charge is 0.462 e. The van der Waals surface area contributed by atoms with Gasteiger partial charge in [-0.05, 0) is 55.9 Å². The number of aryl methyl sites for hydroxylation is 1. The van der Waals surface area contributed by atoms with Gasteiger partial charge in [0, 0.05) is 9.77 Å². The van der Waals surface area contributed by atoms with E-state index in [4.69, 9.17) is 4.74 Å². The van der Waals surface area contributed by atoms with E-state index in [1.807, 2.05) is 60.7 Å². The van der Waals surface area contributed by atoms with Gasteiger partial charge in [-0.3, -0.25) is 4.79 Å². The number of thioether (sulfide) groups is 1. The van der Waals surface area contributed by atoms with Crippen LogP contribution in [0.3, 0.4) is 0 Å². The lowest BCUT2D eigenvalue weighted by molar-refractivity contribution is -0.115. The Morgan fingerprint density at radius 1 is 1.03 bits per heavy atom. The molecule has 1 amide bonds. The Labute approximate surface area is 191 Å². The fourth-order valence-electron chi connectivity index (χ4n) is 3.79. The molecule has 0 spiro atoms. The van der Waals surface area contributed by atoms with Gasteiger partial charge in [0.15, 0.2) is 0 Å². The summed E-state index contributed by atoms with van der Waals surface area (Å²) in [6, 6.07) is 19.6. The van der Waals surface area contributed by atoms with Crippen molar-refractivity contribution in [3.8, 4) is 0 Å². The van der Waals surface area contributed by atoms with Crippen LogP contribution in [0.1, 0.15) is 51.4 Å². The quantitative estimate of drug-likeness (QED) is 0.339. The van der Waals surface area contributed by atoms with E-state index in [0.717, 1.165) is 41.7 Å². The first-order chi connectivity index (χ1) is 15.2. The van der Waals surface area contributed by atoms with Crippen LogP contribution in [0.25, 0.3) is 0 Å². The van der Waals surface area contributed by atoms with Gasteiger partial charge in [-0.25, -0.2) is 4.79 Å². The summed E-state index contributed by atoms with van der Waals surface area (Å²) in [7, 11) is 0. The minimum Gasteiger partial charge on any atom is -0.462 e. The van der Waals surface area contributed by atoms with Gasteiger partial charge < -0.3 is 10.1 Å². The van der Waals surface area contributed by atoms with Crippen LogP contribution in [-0.4, -0.2) is 18.5 Å². The van der Waals surface area contributed by atoms with Crippen LogP contribution in [0.2, 0.25) is 0 Å². The van der Waals surface area contributed by atoms with E-state index in [1.165, 1.54) is 28.0 Å². The molecule has 1 N–H and O–H groups in total. The normalized spacial score (nSPS) is 13.8. The highest BCUT2D eigenvalue weighted by Gasteiger charge is 2.29. The number of amides is 1. The molecule has 1 aliphatic carbocycles. The molecule has 6 heteroatoms. The summed E-state index contributed by atoms with van der Waals surface area (Å²) >= 11 is 3.03. The van der Waals surface area contributed by atoms with Crippen molar-refractivity contribution >= 4 is 40.0 Å². The SMILES string of the molecule is CCOC(=O)c1c(NC(=O)C(Sc2ccccc2)c2ccccc2)sc2c1CCCC2. The fraction of sp³-hybridized carbons (Fsp3) is 0.280. The molecule has 0 bridgehead atoms. The number of benzene rings is 2. The van der Waals surface area contributed by atoms with Crippen molar-refractivity contribution in [1.82, 2.24) is 0 Å². The highest BCUT2D eigenvalue weighted by molar-refractivity contribution is 8.00. The van der Waals surface area contributed by atoms with Crippen molar-refractivity contribution in [1.29, 1.82) is 0 Å². The molecule has 1 aliphatic rings. The van der Waals surface area contributed by atoms with Gasteiger partial charge in [0.2, 0.25) is 5.91 Å². The van der Waals surface area contributed by atoms with Gasteiger partial charge >= 0.3 is 5.97 Å². The average molecular weight is 452 g/mol. The smallest absolute Gasteiger partial charge is 0.341 e. The first-order valence-corrected chi connectivity index (χ1v) is 12.3. The Balaban J connectivity index is 1.65. The Hall–Kier alpha value is -2.57. The number of hydrogen-bond acceptors (Lipinski definition) is 5. The maximum atomic E-state index is 13.5. The molecule has 0 aliphatic heterocycles. The number of esters is 1. The molecular formula is C25H25NO3S2. The predicted molar refractivity (Wildman–Crippen MR) is 127 cm³/mol. The average Bonchev–Trinajstić information content (AvgIpc) is 3.16. The van der Waals surface area contributed by atoms with Crippen LogP contribution in [0.15, 0.2) is 65.6 Å². The third-order valence-electron chi connectivity index (χ3n) is 5.23. The molecule has 4 nitrogen and oxygen atoms in total. The minimum absolute atomic E-state index is 0.135. The summed E-state index contributed by atoms with van der Waals surface area (Å²) in [6.07, 6.45) is 3.97. The minimum atomic E-state index is -0.433. The number of nitrogens with one attached hydrogen (secondary N) is 1. The molecule has 31 heavy (non-hydrogen) atoms. The number of hydrogen-bond donors (Lipinski definition) is 1. The Morgan fingerprint density at radius 3 is 2.42 bits per heavy atom. The van der Waals surface area contributed by atoms with Crippen LogP contribution >= 0.6 is 23.1 Å². The lowest BCUT2D eigenvalue weighted by Gasteiger charge is -2.17. The zero-order valence-corrected chi connectivity index (χ0v) is 19.1. The summed E-state index contributed by atoms with van der Waals surface area (Å²) in [5, 5.41) is 3.27. The molecule has 1 atom stereocenters. The van der Waals surface area contributed by atoms with Gasteiger partial charge in [0.05, 0.1) is 12.2 Å². The summed E-state index contributed by atoms with van der Waals surface area (Å²) in [6.45, 7) is 2.12. The van der Waals surface area contributed by atoms with Crippen molar-refractivity contribution in [3.63, 3.8) is 0 Å². The van der Waals surface area contributed by atoms with E-state index in [2.05, 4.69) is 5.32 Å². The zero-order chi connectivity index (χ0) is 21.6. The van der Waals surface area contributed by atoms with Crippen molar-refractivity contribution in [2.75, 3.05) is 11.9 Å². The van der Waals surface area contributed by atoms with Crippen molar-refractivity contribution in [2.24, 2.45) is 0 Å². The van der Waals surface area contributed by atoms with Gasteiger partial charge in [-0.15, -0.1) is 23.1 Å². The lowest BCUT2D eigenvalue weighted by Crippen LogP contribution is -2.20. The number of fused-ring (bicyclic) bond motifs is 1. The van der Waals surface area contributed by atoms with Crippen molar-refractivity contribution in [2.45, 2.75) is 42.8 Å². The molecule has 3 aromatic rings. The van der Waals surface area contributed by atoms with E-state index in [0.29, 0.717) is 17.2 Å². The standard InChI is InChI=1S/C25H25NO3S2/c1-2-29-25(28)21-19-15-9-10-16-20(19)31-24(21)26-23(27)22(17-11-5-3-6-12-17)30-18-13-7-4-8-14-18/h3-8,11-14,22H,2,9-10,15-16H2,1H3,(H,26,27). The molecule has 4 rings (SSSR count). The monoisotopic (exact) mass is 451 g/mol. The van der Waals surface area contributed by atoms with Gasteiger partial charge in [0.1, 0.15) is 10.3 Å². The number of rotatable bonds is 7. The molecule has 0 radical (unpaired) electrons. The van der Waals surface area contributed by atoms with Crippen LogP contribution in [0.5, 0.6) is 0 Å². The van der Waals surface area contributed by atoms with Crippen LogP contribution in [0.4, 0.5) is 5.00 Å². The van der Waals surface area contributed by atoms with E-state index in [1.54, 1.807) is 6.92 Å². The highest BCUT2D eigenvalue weighted by Crippen LogP contribution is 2.41. The third-order valence-corrected chi connectivity index (χ3v) is 7.70. The second-order valence-corrected chi connectivity index (χ2v) is 9.63. The van der Waals surface area contributed by atoms with E-state index < -0.39 is 5.25 Å². The zero-order valence-electron chi connectivity index (χ0n) is 17.4. The number of ether oxygens (including phenoxy) is 1. The molecule has 2 aromatic carbocycles. The maximum Gasteiger partial charge on any atom is 0.341 e. The highest BCUT2D eigenvalue weighted by atomic mass is 32.2. The Morgan fingerprint density at radius 2 is 1.71 bits per heavy atom. The lowest BCUT2D eigenvalue weighted by atomic mass is 9.95. The van der Waals surface area contributed by atoms with E-state index in [-0.39, 0.29) is 11.9 Å². The van der Waals surface area contributed by atoms with Crippen LogP contribution in [-0.2, 0) is 22.4 Å². The number of thiophene rings is 1. The number of anilines is 1. The van der Waals surface area contributed by atoms with Crippen molar-refractivity contribution < 1.29 is 14.3 Å². The van der Waals surface area contributed by atoms with E-state index in [9.17, 15) is 9.59 Å². The Bertz CT molecular complexity index is 1050. The van der Waals surface area contributed by atoms with Crippen LogP contribution in [0, 0.1) is 0 Å². The molecule has 1 aromatic heterocycles. The molecular weight excluding hydrogens is 426 g/mol. The summed E-state index contributed by atoms with van der Waals surface area (Å²) in [4.78, 5) is 28.4. The third kappa shape index (κ3) is 5.02. The molecule has 1 unspecified atom stereocenters. The first-order valence-electron chi connectivity index (χ1n) is 10.6. The summed E-state index contributed by atoms with van der Waals surface area (Å²) < 4.78 is 5.33. The maximum absolute atomic E-state index is 13.5. The molecule has 160 valence electrons. The molecule has 1 heterocycles. The second kappa shape index (κ2) is 10.2. The fourth-order valence-corrected chi connectivity index (χ4v) is 6.11. The predicted octanol–water partition coefficient (Wildman–Crippen LogP) is 6.28. The number of carbonyl (C=O) groups excluding carboxylic acids is 2. The second-order valence-electron chi connectivity index (χ2n) is 7.35. The topological polar surface area (TPSA) is 55.4 Å². The van der Waals surface area contributed by atoms with E-state index >= 15 is 0 Å². The molecule has 0 saturated heterocycles. The van der Waals surface area contributed by atoms with Gasteiger partial charge in [0.25, 0.3) is 0 Å². The van der Waals surface area contributed by atoms with Gasteiger partial charge in [-0.2, -0.15) is 0 Å². The first kappa shape index (κ1) is 21.7. The summed E-state index contributed by atoms with van der Waals surface area (Å²) in [5.41, 5.74) is 2.52. The molecule has 0 saturated carbocycles. The Kier molecular flexibility index (Phi) is 7.10. The van der Waals surface area contributed by atoms with Crippen LogP contribution < -0.4 is 5.32 Å². The van der Waals surface area contributed by atoms with Gasteiger partial charge in [-0.1, -0.05) is 48.5 Å². The van der Waals surface area contributed by atoms with Crippen molar-refractivity contribution in [3.05, 3.63) is 82.2 Å². The summed E-state index contributed by atoms with van der Waals surface area (Å²) in [5.74, 6) is -0.478.